The van der Waals surface area contributed by atoms with Crippen molar-refractivity contribution in [1.82, 2.24) is 0 Å². The van der Waals surface area contributed by atoms with Crippen LogP contribution in [0.3, 0.4) is 0 Å². The Balaban J connectivity index is 0. The van der Waals surface area contributed by atoms with E-state index in [2.05, 4.69) is 6.58 Å². The molecule has 0 saturated heterocycles. The SMILES string of the molecule is C=C(F)F.[Cu]. The zero-order chi connectivity index (χ0) is 3.58. The van der Waals surface area contributed by atoms with Crippen molar-refractivity contribution in [2.45, 2.75) is 0 Å². The molecule has 0 aliphatic heterocycles. The van der Waals surface area contributed by atoms with Gasteiger partial charge in [-0.2, -0.15) is 8.78 Å². The van der Waals surface area contributed by atoms with Crippen molar-refractivity contribution in [3.8, 4) is 0 Å². The molecular formula is C2H2CuF2. The Morgan fingerprint density at radius 1 is 1.40 bits per heavy atom. The first-order valence-corrected chi connectivity index (χ1v) is 0.732. The van der Waals surface area contributed by atoms with Crippen molar-refractivity contribution in [3.05, 3.63) is 12.7 Å². The van der Waals surface area contributed by atoms with Crippen LogP contribution in [0.25, 0.3) is 0 Å². The van der Waals surface area contributed by atoms with Crippen LogP contribution in [0.4, 0.5) is 8.78 Å². The van der Waals surface area contributed by atoms with Crippen molar-refractivity contribution in [1.29, 1.82) is 0 Å². The molecule has 0 amide bonds. The van der Waals surface area contributed by atoms with E-state index in [9.17, 15) is 8.78 Å². The largest absolute Gasteiger partial charge is 0.263 e. The molecule has 0 saturated carbocycles. The van der Waals surface area contributed by atoms with Gasteiger partial charge in [-0.15, -0.1) is 0 Å². The molecule has 3 heteroatoms. The van der Waals surface area contributed by atoms with Gasteiger partial charge in [-0.3, -0.25) is 0 Å². The topological polar surface area (TPSA) is 0 Å². The van der Waals surface area contributed by atoms with Crippen molar-refractivity contribution >= 4 is 0 Å². The molecule has 0 unspecified atom stereocenters. The Hall–Kier alpha value is 0.119. The number of hydrogen-bond acceptors (Lipinski definition) is 0. The van der Waals surface area contributed by atoms with Gasteiger partial charge >= 0.3 is 0 Å². The second-order valence-electron chi connectivity index (χ2n) is 0.339. The third kappa shape index (κ3) is 1300. The van der Waals surface area contributed by atoms with Crippen LogP contribution < -0.4 is 0 Å². The molecule has 0 heterocycles. The Morgan fingerprint density at radius 3 is 1.40 bits per heavy atom. The van der Waals surface area contributed by atoms with Crippen LogP contribution >= 0.6 is 0 Å². The minimum Gasteiger partial charge on any atom is -0.174 e. The predicted octanol–water partition coefficient (Wildman–Crippen LogP) is 1.39. The van der Waals surface area contributed by atoms with Crippen molar-refractivity contribution in [2.75, 3.05) is 0 Å². The summed E-state index contributed by atoms with van der Waals surface area (Å²) in [4.78, 5) is 0. The van der Waals surface area contributed by atoms with E-state index in [-0.39, 0.29) is 17.1 Å². The minimum atomic E-state index is -1.83. The van der Waals surface area contributed by atoms with Crippen LogP contribution in [0.15, 0.2) is 12.7 Å². The van der Waals surface area contributed by atoms with E-state index >= 15 is 0 Å². The Labute approximate surface area is 39.3 Å². The third-order valence-electron chi connectivity index (χ3n) is 0. The summed E-state index contributed by atoms with van der Waals surface area (Å²) in [5.74, 6) is 0. The fourth-order valence-electron chi connectivity index (χ4n) is 0. The quantitative estimate of drug-likeness (QED) is 0.432. The van der Waals surface area contributed by atoms with Gasteiger partial charge in [0.05, 0.1) is 0 Å². The Kier molecular flexibility index (Phi) is 7.36. The first kappa shape index (κ1) is 8.93. The van der Waals surface area contributed by atoms with Crippen LogP contribution in [-0.2, 0) is 17.1 Å². The van der Waals surface area contributed by atoms with Crippen LogP contribution in [0.2, 0.25) is 0 Å². The molecule has 5 heavy (non-hydrogen) atoms. The van der Waals surface area contributed by atoms with E-state index in [4.69, 9.17) is 0 Å². The third-order valence-corrected chi connectivity index (χ3v) is 0. The molecule has 0 aromatic heterocycles. The molecule has 0 spiro atoms. The molecule has 0 N–H and O–H groups in total. The van der Waals surface area contributed by atoms with Crippen LogP contribution in [-0.4, -0.2) is 0 Å². The van der Waals surface area contributed by atoms with E-state index in [0.717, 1.165) is 0 Å². The maximum Gasteiger partial charge on any atom is 0.263 e. The molecule has 0 atom stereocenters. The van der Waals surface area contributed by atoms with Gasteiger partial charge in [0.1, 0.15) is 0 Å². The molecule has 0 bridgehead atoms. The van der Waals surface area contributed by atoms with E-state index < -0.39 is 6.08 Å². The summed E-state index contributed by atoms with van der Waals surface area (Å²) in [7, 11) is 0. The van der Waals surface area contributed by atoms with Crippen molar-refractivity contribution < 1.29 is 25.8 Å². The Morgan fingerprint density at radius 2 is 1.40 bits per heavy atom. The molecule has 0 aliphatic carbocycles. The van der Waals surface area contributed by atoms with Gasteiger partial charge in [0.25, 0.3) is 6.08 Å². The molecule has 0 rings (SSSR count). The predicted molar refractivity (Wildman–Crippen MR) is 11.4 cm³/mol. The standard InChI is InChI=1S/C2H2F2.Cu/c1-2(3)4;/h1H2;. The van der Waals surface area contributed by atoms with Gasteiger partial charge in [-0.1, -0.05) is 0 Å². The number of hydrogen-bond donors (Lipinski definition) is 0. The van der Waals surface area contributed by atoms with Gasteiger partial charge in [0.2, 0.25) is 0 Å². The summed E-state index contributed by atoms with van der Waals surface area (Å²) in [6.07, 6.45) is -1.83. The van der Waals surface area contributed by atoms with E-state index in [1.54, 1.807) is 0 Å². The van der Waals surface area contributed by atoms with Crippen molar-refractivity contribution in [2.24, 2.45) is 0 Å². The normalized spacial score (nSPS) is 5.20. The Bertz CT molecular complexity index is 30.6. The van der Waals surface area contributed by atoms with Crippen LogP contribution in [0, 0.1) is 0 Å². The summed E-state index contributed by atoms with van der Waals surface area (Å²) in [5, 5.41) is 0. The summed E-state index contributed by atoms with van der Waals surface area (Å²) < 4.78 is 20.3. The molecule has 35 valence electrons. The van der Waals surface area contributed by atoms with Gasteiger partial charge in [-0.05, 0) is 6.58 Å². The van der Waals surface area contributed by atoms with E-state index in [1.807, 2.05) is 0 Å². The maximum atomic E-state index is 10.1. The number of halogens is 2. The van der Waals surface area contributed by atoms with Gasteiger partial charge in [-0.25, -0.2) is 0 Å². The molecular weight excluding hydrogens is 126 g/mol. The summed E-state index contributed by atoms with van der Waals surface area (Å²) in [6.45, 7) is 2.22. The smallest absolute Gasteiger partial charge is 0.174 e. The summed E-state index contributed by atoms with van der Waals surface area (Å²) >= 11 is 0. The second-order valence-corrected chi connectivity index (χ2v) is 0.339. The molecule has 0 nitrogen and oxygen atoms in total. The van der Waals surface area contributed by atoms with E-state index in [1.165, 1.54) is 0 Å². The first-order chi connectivity index (χ1) is 1.73. The molecule has 0 aliphatic rings. The second kappa shape index (κ2) is 4.12. The summed E-state index contributed by atoms with van der Waals surface area (Å²) in [6, 6.07) is 0. The molecule has 0 aromatic rings. The monoisotopic (exact) mass is 127 g/mol. The zero-order valence-corrected chi connectivity index (χ0v) is 3.21. The average Bonchev–Trinajstić information content (AvgIpc) is 0.811. The van der Waals surface area contributed by atoms with Gasteiger partial charge in [0, 0.05) is 17.1 Å². The zero-order valence-electron chi connectivity index (χ0n) is 2.26. The molecule has 0 fully saturated rings. The summed E-state index contributed by atoms with van der Waals surface area (Å²) in [5.41, 5.74) is 0. The molecule has 0 aromatic carbocycles. The minimum absolute atomic E-state index is 0. The number of rotatable bonds is 0. The fourth-order valence-corrected chi connectivity index (χ4v) is 0. The fraction of sp³-hybridized carbons (Fsp3) is 0. The van der Waals surface area contributed by atoms with Gasteiger partial charge < -0.3 is 0 Å². The van der Waals surface area contributed by atoms with E-state index in [0.29, 0.717) is 0 Å². The molecule has 1 radical (unpaired) electrons. The first-order valence-electron chi connectivity index (χ1n) is 0.732. The van der Waals surface area contributed by atoms with Gasteiger partial charge in [0.15, 0.2) is 0 Å². The van der Waals surface area contributed by atoms with Crippen LogP contribution in [0.1, 0.15) is 0 Å². The van der Waals surface area contributed by atoms with Crippen LogP contribution in [0.5, 0.6) is 0 Å². The maximum absolute atomic E-state index is 10.1. The van der Waals surface area contributed by atoms with Crippen molar-refractivity contribution in [3.63, 3.8) is 0 Å². The average molecular weight is 128 g/mol.